The molecule has 0 aromatic heterocycles. The number of amides is 2. The van der Waals surface area contributed by atoms with Gasteiger partial charge in [-0.15, -0.1) is 0 Å². The Hall–Kier alpha value is -2.07. The minimum atomic E-state index is -3.82. The lowest BCUT2D eigenvalue weighted by Gasteiger charge is -2.34. The smallest absolute Gasteiger partial charge is 0.317 e. The topological polar surface area (TPSA) is 79.0 Å². The van der Waals surface area contributed by atoms with Crippen LogP contribution >= 0.6 is 23.2 Å². The summed E-state index contributed by atoms with van der Waals surface area (Å²) in [6, 6.07) is 9.93. The van der Waals surface area contributed by atoms with E-state index in [1.54, 1.807) is 12.1 Å². The van der Waals surface area contributed by atoms with Crippen LogP contribution in [0.4, 0.5) is 9.18 Å². The summed E-state index contributed by atoms with van der Waals surface area (Å²) in [5.41, 5.74) is 0. The maximum absolute atomic E-state index is 13.5. The molecule has 1 fully saturated rings. The fourth-order valence-corrected chi connectivity index (χ4v) is 5.10. The molecular weight excluding hydrogens is 456 g/mol. The molecule has 0 bridgehead atoms. The Balaban J connectivity index is 1.48. The summed E-state index contributed by atoms with van der Waals surface area (Å²) < 4.78 is 45.7. The minimum absolute atomic E-state index is 0.0557. The van der Waals surface area contributed by atoms with Crippen molar-refractivity contribution >= 4 is 39.3 Å². The van der Waals surface area contributed by atoms with Crippen molar-refractivity contribution in [2.45, 2.75) is 4.90 Å². The lowest BCUT2D eigenvalue weighted by atomic mass is 10.3. The number of ether oxygens (including phenoxy) is 1. The number of benzene rings is 2. The predicted molar refractivity (Wildman–Crippen MR) is 112 cm³/mol. The summed E-state index contributed by atoms with van der Waals surface area (Å²) in [7, 11) is -3.82. The highest BCUT2D eigenvalue weighted by Crippen LogP contribution is 2.28. The van der Waals surface area contributed by atoms with E-state index in [0.29, 0.717) is 0 Å². The van der Waals surface area contributed by atoms with Crippen molar-refractivity contribution < 1.29 is 22.3 Å². The quantitative estimate of drug-likeness (QED) is 0.650. The van der Waals surface area contributed by atoms with Crippen LogP contribution < -0.4 is 10.1 Å². The van der Waals surface area contributed by atoms with E-state index in [0.717, 1.165) is 0 Å². The van der Waals surface area contributed by atoms with E-state index in [1.807, 2.05) is 0 Å². The van der Waals surface area contributed by atoms with E-state index in [-0.39, 0.29) is 66.1 Å². The van der Waals surface area contributed by atoms with E-state index in [4.69, 9.17) is 27.9 Å². The molecule has 3 rings (SSSR count). The van der Waals surface area contributed by atoms with E-state index < -0.39 is 15.8 Å². The van der Waals surface area contributed by atoms with Crippen molar-refractivity contribution in [2.24, 2.45) is 0 Å². The van der Waals surface area contributed by atoms with Crippen LogP contribution in [0.3, 0.4) is 0 Å². The molecule has 1 saturated heterocycles. The molecule has 162 valence electrons. The zero-order valence-electron chi connectivity index (χ0n) is 15.9. The molecular formula is C19H20Cl2FN3O4S. The van der Waals surface area contributed by atoms with Gasteiger partial charge < -0.3 is 15.0 Å². The molecule has 0 spiro atoms. The first-order valence-electron chi connectivity index (χ1n) is 9.14. The summed E-state index contributed by atoms with van der Waals surface area (Å²) in [6.45, 7) is 0.988. The van der Waals surface area contributed by atoms with Gasteiger partial charge in [-0.1, -0.05) is 35.3 Å². The summed E-state index contributed by atoms with van der Waals surface area (Å²) >= 11 is 11.9. The van der Waals surface area contributed by atoms with Gasteiger partial charge in [-0.05, 0) is 30.3 Å². The normalized spacial score (nSPS) is 15.1. The highest BCUT2D eigenvalue weighted by Gasteiger charge is 2.31. The lowest BCUT2D eigenvalue weighted by molar-refractivity contribution is 0.170. The molecule has 0 saturated carbocycles. The molecule has 2 aromatic carbocycles. The van der Waals surface area contributed by atoms with E-state index in [9.17, 15) is 17.6 Å². The Morgan fingerprint density at radius 1 is 1.10 bits per heavy atom. The molecule has 0 radical (unpaired) electrons. The number of sulfonamides is 1. The standard InChI is InChI=1S/C19H20Cl2FN3O4S/c20-14-5-6-15(21)18(13-14)30(27,28)25-10-8-24(9-11-25)19(26)23-7-12-29-17-4-2-1-3-16(17)22/h1-6,13H,7-12H2,(H,23,26). The van der Waals surface area contributed by atoms with E-state index in [2.05, 4.69) is 5.32 Å². The van der Waals surface area contributed by atoms with Crippen LogP contribution in [-0.4, -0.2) is 63.0 Å². The van der Waals surface area contributed by atoms with Crippen LogP contribution in [0.5, 0.6) is 5.75 Å². The van der Waals surface area contributed by atoms with Gasteiger partial charge in [0.25, 0.3) is 0 Å². The number of piperazine rings is 1. The first-order valence-corrected chi connectivity index (χ1v) is 11.3. The molecule has 30 heavy (non-hydrogen) atoms. The van der Waals surface area contributed by atoms with Crippen molar-refractivity contribution in [2.75, 3.05) is 39.3 Å². The van der Waals surface area contributed by atoms with Gasteiger partial charge in [-0.25, -0.2) is 17.6 Å². The van der Waals surface area contributed by atoms with Crippen LogP contribution in [0.1, 0.15) is 0 Å². The first-order chi connectivity index (χ1) is 14.3. The molecule has 1 aliphatic rings. The molecule has 2 aromatic rings. The van der Waals surface area contributed by atoms with E-state index >= 15 is 0 Å². The van der Waals surface area contributed by atoms with Gasteiger partial charge in [0.2, 0.25) is 10.0 Å². The number of para-hydroxylation sites is 1. The molecule has 7 nitrogen and oxygen atoms in total. The third kappa shape index (κ3) is 5.34. The largest absolute Gasteiger partial charge is 0.489 e. The van der Waals surface area contributed by atoms with E-state index in [1.165, 1.54) is 39.5 Å². The second-order valence-electron chi connectivity index (χ2n) is 6.48. The molecule has 11 heteroatoms. The number of rotatable bonds is 6. The SMILES string of the molecule is O=C(NCCOc1ccccc1F)N1CCN(S(=O)(=O)c2cc(Cl)ccc2Cl)CC1. The van der Waals surface area contributed by atoms with Gasteiger partial charge in [0.15, 0.2) is 11.6 Å². The van der Waals surface area contributed by atoms with Crippen molar-refractivity contribution in [1.82, 2.24) is 14.5 Å². The summed E-state index contributed by atoms with van der Waals surface area (Å²) in [6.07, 6.45) is 0. The van der Waals surface area contributed by atoms with Crippen molar-refractivity contribution in [3.05, 3.63) is 58.3 Å². The summed E-state index contributed by atoms with van der Waals surface area (Å²) in [5, 5.41) is 3.04. The molecule has 2 amide bonds. The van der Waals surface area contributed by atoms with Crippen LogP contribution in [0.15, 0.2) is 47.4 Å². The van der Waals surface area contributed by atoms with Gasteiger partial charge >= 0.3 is 6.03 Å². The van der Waals surface area contributed by atoms with Gasteiger partial charge in [-0.2, -0.15) is 4.31 Å². The number of hydrogen-bond donors (Lipinski definition) is 1. The number of carbonyl (C=O) groups excluding carboxylic acids is 1. The summed E-state index contributed by atoms with van der Waals surface area (Å²) in [5.74, 6) is -0.355. The molecule has 0 unspecified atom stereocenters. The van der Waals surface area contributed by atoms with Gasteiger partial charge in [0.05, 0.1) is 11.6 Å². The van der Waals surface area contributed by atoms with Crippen LogP contribution in [0, 0.1) is 5.82 Å². The first kappa shape index (κ1) is 22.6. The maximum atomic E-state index is 13.5. The molecule has 0 atom stereocenters. The number of hydrogen-bond acceptors (Lipinski definition) is 4. The van der Waals surface area contributed by atoms with Crippen LogP contribution in [0.25, 0.3) is 0 Å². The molecule has 1 aliphatic heterocycles. The van der Waals surface area contributed by atoms with Gasteiger partial charge in [0, 0.05) is 31.2 Å². The third-order valence-corrected chi connectivity index (χ3v) is 7.12. The Labute approximate surface area is 184 Å². The average Bonchev–Trinajstić information content (AvgIpc) is 2.74. The highest BCUT2D eigenvalue weighted by molar-refractivity contribution is 7.89. The number of urea groups is 1. The zero-order valence-corrected chi connectivity index (χ0v) is 18.2. The van der Waals surface area contributed by atoms with Crippen molar-refractivity contribution in [3.63, 3.8) is 0 Å². The highest BCUT2D eigenvalue weighted by atomic mass is 35.5. The predicted octanol–water partition coefficient (Wildman–Crippen LogP) is 3.23. The number of nitrogens with one attached hydrogen (secondary N) is 1. The lowest BCUT2D eigenvalue weighted by Crippen LogP contribution is -2.53. The number of nitrogens with zero attached hydrogens (tertiary/aromatic N) is 2. The maximum Gasteiger partial charge on any atom is 0.317 e. The van der Waals surface area contributed by atoms with Gasteiger partial charge in [-0.3, -0.25) is 0 Å². The van der Waals surface area contributed by atoms with Crippen LogP contribution in [0.2, 0.25) is 10.0 Å². The fraction of sp³-hybridized carbons (Fsp3) is 0.316. The number of halogens is 3. The van der Waals surface area contributed by atoms with Gasteiger partial charge in [0.1, 0.15) is 11.5 Å². The number of carbonyl (C=O) groups is 1. The summed E-state index contributed by atoms with van der Waals surface area (Å²) in [4.78, 5) is 13.7. The Bertz CT molecular complexity index is 1010. The second kappa shape index (κ2) is 9.82. The second-order valence-corrected chi connectivity index (χ2v) is 9.23. The Morgan fingerprint density at radius 3 is 2.50 bits per heavy atom. The third-order valence-electron chi connectivity index (χ3n) is 4.51. The molecule has 0 aliphatic carbocycles. The Morgan fingerprint density at radius 2 is 1.80 bits per heavy atom. The monoisotopic (exact) mass is 475 g/mol. The van der Waals surface area contributed by atoms with Crippen LogP contribution in [-0.2, 0) is 10.0 Å². The zero-order chi connectivity index (χ0) is 21.7. The molecule has 1 heterocycles. The van der Waals surface area contributed by atoms with Crippen molar-refractivity contribution in [1.29, 1.82) is 0 Å². The van der Waals surface area contributed by atoms with Crippen molar-refractivity contribution in [3.8, 4) is 5.75 Å². The minimum Gasteiger partial charge on any atom is -0.489 e. The average molecular weight is 476 g/mol. The fourth-order valence-electron chi connectivity index (χ4n) is 2.94. The molecule has 1 N–H and O–H groups in total. The Kier molecular flexibility index (Phi) is 7.41.